The fraction of sp³-hybridized carbons (Fsp3) is 0.632. The molecule has 4 rings (SSSR count). The molecule has 1 aromatic carbocycles. The molecule has 0 radical (unpaired) electrons. The first-order chi connectivity index (χ1) is 13.1. The van der Waals surface area contributed by atoms with Gasteiger partial charge in [-0.25, -0.2) is 0 Å². The monoisotopic (exact) mass is 378 g/mol. The number of fused-ring (bicyclic) bond motifs is 1. The number of rotatable bonds is 4. The molecule has 3 aliphatic heterocycles. The molecule has 0 aromatic heterocycles. The van der Waals surface area contributed by atoms with E-state index < -0.39 is 12.2 Å². The van der Waals surface area contributed by atoms with E-state index in [9.17, 15) is 9.90 Å². The normalized spacial score (nSPS) is 25.7. The van der Waals surface area contributed by atoms with E-state index >= 15 is 0 Å². The third kappa shape index (κ3) is 3.97. The van der Waals surface area contributed by atoms with Crippen LogP contribution in [0, 0.1) is 0 Å². The van der Waals surface area contributed by atoms with Crippen molar-refractivity contribution in [3.63, 3.8) is 0 Å². The standard InChI is InChI=1S/C19H26N2O6/c1-24-13-2-3-15-16(8-13)25-10-17(27-15)14(22)9-21-6-4-19(5-7-21)12-20-18(23)11-26-19/h2-3,8,14,17,22H,4-7,9-12H2,1H3,(H,20,23). The number of likely N-dealkylation sites (tertiary alicyclic amines) is 1. The van der Waals surface area contributed by atoms with Crippen molar-refractivity contribution in [3.05, 3.63) is 18.2 Å². The molecule has 2 atom stereocenters. The van der Waals surface area contributed by atoms with Gasteiger partial charge in [-0.2, -0.15) is 0 Å². The van der Waals surface area contributed by atoms with Crippen molar-refractivity contribution in [2.45, 2.75) is 30.7 Å². The first kappa shape index (κ1) is 18.3. The highest BCUT2D eigenvalue weighted by atomic mass is 16.6. The minimum atomic E-state index is -0.652. The molecule has 8 heteroatoms. The molecule has 2 fully saturated rings. The van der Waals surface area contributed by atoms with Crippen LogP contribution in [0.15, 0.2) is 18.2 Å². The fourth-order valence-electron chi connectivity index (χ4n) is 3.81. The number of ether oxygens (including phenoxy) is 4. The Morgan fingerprint density at radius 2 is 2.19 bits per heavy atom. The lowest BCUT2D eigenvalue weighted by atomic mass is 9.89. The predicted octanol–water partition coefficient (Wildman–Crippen LogP) is 0.177. The number of methoxy groups -OCH3 is 1. The topological polar surface area (TPSA) is 89.5 Å². The molecule has 1 aromatic rings. The average Bonchev–Trinajstić information content (AvgIpc) is 2.71. The molecular weight excluding hydrogens is 352 g/mol. The van der Waals surface area contributed by atoms with Gasteiger partial charge >= 0.3 is 0 Å². The van der Waals surface area contributed by atoms with E-state index in [1.807, 2.05) is 6.07 Å². The van der Waals surface area contributed by atoms with E-state index in [1.54, 1.807) is 19.2 Å². The quantitative estimate of drug-likeness (QED) is 0.772. The number of hydrogen-bond acceptors (Lipinski definition) is 7. The van der Waals surface area contributed by atoms with E-state index in [0.717, 1.165) is 25.9 Å². The number of nitrogens with zero attached hydrogens (tertiary/aromatic N) is 1. The van der Waals surface area contributed by atoms with Gasteiger partial charge in [-0.05, 0) is 25.0 Å². The van der Waals surface area contributed by atoms with Crippen molar-refractivity contribution in [2.75, 3.05) is 46.5 Å². The summed E-state index contributed by atoms with van der Waals surface area (Å²) >= 11 is 0. The number of morpholine rings is 1. The Kier molecular flexibility index (Phi) is 5.12. The summed E-state index contributed by atoms with van der Waals surface area (Å²) in [5.41, 5.74) is -0.252. The van der Waals surface area contributed by atoms with Crippen LogP contribution in [0.1, 0.15) is 12.8 Å². The smallest absolute Gasteiger partial charge is 0.246 e. The Morgan fingerprint density at radius 3 is 2.89 bits per heavy atom. The molecule has 2 unspecified atom stereocenters. The van der Waals surface area contributed by atoms with Crippen LogP contribution in [0.4, 0.5) is 0 Å². The second kappa shape index (κ2) is 7.53. The van der Waals surface area contributed by atoms with E-state index in [0.29, 0.717) is 36.9 Å². The van der Waals surface area contributed by atoms with Gasteiger partial charge in [0.05, 0.1) is 12.7 Å². The van der Waals surface area contributed by atoms with E-state index in [4.69, 9.17) is 18.9 Å². The maximum atomic E-state index is 11.3. The lowest BCUT2D eigenvalue weighted by molar-refractivity contribution is -0.151. The van der Waals surface area contributed by atoms with Crippen LogP contribution in [-0.2, 0) is 9.53 Å². The lowest BCUT2D eigenvalue weighted by Crippen LogP contribution is -2.58. The average molecular weight is 378 g/mol. The van der Waals surface area contributed by atoms with Crippen molar-refractivity contribution in [2.24, 2.45) is 0 Å². The Bertz CT molecular complexity index is 677. The number of carbonyl (C=O) groups excluding carboxylic acids is 1. The third-order valence-corrected chi connectivity index (χ3v) is 5.59. The number of benzene rings is 1. The molecule has 8 nitrogen and oxygen atoms in total. The zero-order valence-corrected chi connectivity index (χ0v) is 15.5. The molecular formula is C19H26N2O6. The summed E-state index contributed by atoms with van der Waals surface area (Å²) in [5.74, 6) is 1.91. The number of piperidine rings is 1. The molecule has 0 saturated carbocycles. The maximum absolute atomic E-state index is 11.3. The Morgan fingerprint density at radius 1 is 1.37 bits per heavy atom. The highest BCUT2D eigenvalue weighted by Crippen LogP contribution is 2.35. The summed E-state index contributed by atoms with van der Waals surface area (Å²) in [5, 5.41) is 13.5. The van der Waals surface area contributed by atoms with E-state index in [-0.39, 0.29) is 18.1 Å². The minimum absolute atomic E-state index is 0.0502. The zero-order valence-electron chi connectivity index (χ0n) is 15.5. The van der Waals surface area contributed by atoms with Gasteiger partial charge in [0.15, 0.2) is 17.6 Å². The summed E-state index contributed by atoms with van der Waals surface area (Å²) < 4.78 is 22.6. The largest absolute Gasteiger partial charge is 0.497 e. The molecule has 1 spiro atoms. The molecule has 2 N–H and O–H groups in total. The van der Waals surface area contributed by atoms with E-state index in [1.165, 1.54) is 0 Å². The third-order valence-electron chi connectivity index (χ3n) is 5.59. The first-order valence-corrected chi connectivity index (χ1v) is 9.35. The molecule has 3 heterocycles. The number of amides is 1. The molecule has 148 valence electrons. The molecule has 2 saturated heterocycles. The zero-order chi connectivity index (χ0) is 18.9. The Balaban J connectivity index is 1.28. The maximum Gasteiger partial charge on any atom is 0.246 e. The van der Waals surface area contributed by atoms with Crippen LogP contribution in [0.3, 0.4) is 0 Å². The Hall–Kier alpha value is -2.03. The van der Waals surface area contributed by atoms with Crippen LogP contribution in [0.5, 0.6) is 17.2 Å². The second-order valence-electron chi connectivity index (χ2n) is 7.40. The van der Waals surface area contributed by atoms with E-state index in [2.05, 4.69) is 10.2 Å². The number of β-amino-alcohol motifs (C(OH)–C–C–N with tert-alkyl or cyclic N) is 1. The van der Waals surface area contributed by atoms with Crippen LogP contribution in [0.2, 0.25) is 0 Å². The van der Waals surface area contributed by atoms with Gasteiger partial charge in [0, 0.05) is 32.2 Å². The van der Waals surface area contributed by atoms with Crippen molar-refractivity contribution >= 4 is 5.91 Å². The predicted molar refractivity (Wildman–Crippen MR) is 96.3 cm³/mol. The number of nitrogens with one attached hydrogen (secondary N) is 1. The van der Waals surface area contributed by atoms with Gasteiger partial charge < -0.3 is 34.3 Å². The summed E-state index contributed by atoms with van der Waals surface area (Å²) in [6.45, 7) is 3.15. The number of hydrogen-bond donors (Lipinski definition) is 2. The molecule has 0 aliphatic carbocycles. The summed E-state index contributed by atoms with van der Waals surface area (Å²) in [7, 11) is 1.60. The molecule has 27 heavy (non-hydrogen) atoms. The molecule has 0 bridgehead atoms. The van der Waals surface area contributed by atoms with Gasteiger partial charge in [-0.3, -0.25) is 4.79 Å². The van der Waals surface area contributed by atoms with Crippen LogP contribution in [-0.4, -0.2) is 80.2 Å². The second-order valence-corrected chi connectivity index (χ2v) is 7.40. The minimum Gasteiger partial charge on any atom is -0.497 e. The lowest BCUT2D eigenvalue weighted by Gasteiger charge is -2.44. The van der Waals surface area contributed by atoms with Gasteiger partial charge in [-0.1, -0.05) is 0 Å². The summed E-state index contributed by atoms with van der Waals surface area (Å²) in [6, 6.07) is 5.39. The fourth-order valence-corrected chi connectivity index (χ4v) is 3.81. The van der Waals surface area contributed by atoms with Crippen molar-refractivity contribution in [1.82, 2.24) is 10.2 Å². The van der Waals surface area contributed by atoms with Crippen molar-refractivity contribution in [1.29, 1.82) is 0 Å². The molecule has 1 amide bonds. The Labute approximate surface area is 158 Å². The number of carbonyl (C=O) groups is 1. The van der Waals surface area contributed by atoms with Gasteiger partial charge in [-0.15, -0.1) is 0 Å². The van der Waals surface area contributed by atoms with Crippen LogP contribution >= 0.6 is 0 Å². The molecule has 3 aliphatic rings. The number of aliphatic hydroxyl groups is 1. The van der Waals surface area contributed by atoms with Gasteiger partial charge in [0.25, 0.3) is 0 Å². The number of aliphatic hydroxyl groups excluding tert-OH is 1. The van der Waals surface area contributed by atoms with Crippen LogP contribution in [0.25, 0.3) is 0 Å². The van der Waals surface area contributed by atoms with Crippen molar-refractivity contribution < 1.29 is 28.8 Å². The highest BCUT2D eigenvalue weighted by molar-refractivity contribution is 5.78. The van der Waals surface area contributed by atoms with Crippen LogP contribution < -0.4 is 19.5 Å². The highest BCUT2D eigenvalue weighted by Gasteiger charge is 2.40. The van der Waals surface area contributed by atoms with Crippen molar-refractivity contribution in [3.8, 4) is 17.2 Å². The van der Waals surface area contributed by atoms with Gasteiger partial charge in [0.1, 0.15) is 25.1 Å². The summed E-state index contributed by atoms with van der Waals surface area (Å²) in [4.78, 5) is 13.5. The van der Waals surface area contributed by atoms with Gasteiger partial charge in [0.2, 0.25) is 5.91 Å². The first-order valence-electron chi connectivity index (χ1n) is 9.35. The summed E-state index contributed by atoms with van der Waals surface area (Å²) in [6.07, 6.45) is 0.614. The SMILES string of the molecule is COc1ccc2c(c1)OCC(C(O)CN1CCC3(CC1)CNC(=O)CO3)O2.